The summed E-state index contributed by atoms with van der Waals surface area (Å²) in [5.41, 5.74) is 0.942. The van der Waals surface area contributed by atoms with Crippen molar-refractivity contribution in [3.8, 4) is 0 Å². The maximum atomic E-state index is 12.0. The summed E-state index contributed by atoms with van der Waals surface area (Å²) in [4.78, 5) is 24.9. The van der Waals surface area contributed by atoms with Gasteiger partial charge < -0.3 is 10.0 Å². The number of carbonyl (C=O) groups excluding carboxylic acids is 1. The maximum absolute atomic E-state index is 12.0. The van der Waals surface area contributed by atoms with Crippen LogP contribution in [0, 0.1) is 0 Å². The minimum absolute atomic E-state index is 0.0375. The van der Waals surface area contributed by atoms with Crippen LogP contribution in [0.1, 0.15) is 24.8 Å². The maximum Gasteiger partial charge on any atom is 0.332 e. The van der Waals surface area contributed by atoms with Gasteiger partial charge in [-0.2, -0.15) is 0 Å². The molecular weight excluding hydrogens is 242 g/mol. The lowest BCUT2D eigenvalue weighted by molar-refractivity contribution is -0.135. The molecule has 0 bridgehead atoms. The molecular formula is C15H17NO3. The van der Waals surface area contributed by atoms with E-state index >= 15 is 0 Å². The molecule has 1 heterocycles. The smallest absolute Gasteiger partial charge is 0.332 e. The standard InChI is InChI=1S/C15H17NO3/c17-14(16-8-4-5-9-16)11-13(15(18)19)10-12-6-2-1-3-7-12/h1-3,6-7,10H,4-5,8-9,11H2,(H,18,19)/b13-10+. The number of carbonyl (C=O) groups is 2. The zero-order valence-electron chi connectivity index (χ0n) is 10.7. The van der Waals surface area contributed by atoms with E-state index in [1.807, 2.05) is 30.3 Å². The Hall–Kier alpha value is -2.10. The third kappa shape index (κ3) is 3.68. The van der Waals surface area contributed by atoms with Gasteiger partial charge in [0.15, 0.2) is 0 Å². The quantitative estimate of drug-likeness (QED) is 0.843. The number of carboxylic acids is 1. The largest absolute Gasteiger partial charge is 0.478 e. The van der Waals surface area contributed by atoms with Crippen molar-refractivity contribution >= 4 is 18.0 Å². The molecule has 0 aliphatic carbocycles. The average molecular weight is 259 g/mol. The predicted molar refractivity (Wildman–Crippen MR) is 72.5 cm³/mol. The first kappa shape index (κ1) is 13.3. The molecule has 0 radical (unpaired) electrons. The van der Waals surface area contributed by atoms with E-state index in [4.69, 9.17) is 0 Å². The Morgan fingerprint density at radius 1 is 1.16 bits per heavy atom. The minimum atomic E-state index is -1.03. The van der Waals surface area contributed by atoms with Crippen LogP contribution in [0.4, 0.5) is 0 Å². The fraction of sp³-hybridized carbons (Fsp3) is 0.333. The summed E-state index contributed by atoms with van der Waals surface area (Å²) in [5.74, 6) is -1.13. The second-order valence-corrected chi connectivity index (χ2v) is 4.65. The molecule has 1 aromatic rings. The highest BCUT2D eigenvalue weighted by Gasteiger charge is 2.21. The Kier molecular flexibility index (Phi) is 4.34. The van der Waals surface area contributed by atoms with Crippen LogP contribution in [0.5, 0.6) is 0 Å². The predicted octanol–water partition coefficient (Wildman–Crippen LogP) is 2.17. The molecule has 19 heavy (non-hydrogen) atoms. The van der Waals surface area contributed by atoms with Gasteiger partial charge in [0.25, 0.3) is 0 Å². The normalized spacial score (nSPS) is 15.6. The molecule has 1 saturated heterocycles. The van der Waals surface area contributed by atoms with Gasteiger partial charge in [0, 0.05) is 18.7 Å². The number of likely N-dealkylation sites (tertiary alicyclic amines) is 1. The third-order valence-electron chi connectivity index (χ3n) is 3.22. The Labute approximate surface area is 112 Å². The Morgan fingerprint density at radius 2 is 1.79 bits per heavy atom. The second kappa shape index (κ2) is 6.18. The first-order valence-corrected chi connectivity index (χ1v) is 6.43. The van der Waals surface area contributed by atoms with E-state index in [0.29, 0.717) is 0 Å². The lowest BCUT2D eigenvalue weighted by atomic mass is 10.1. The van der Waals surface area contributed by atoms with Gasteiger partial charge in [-0.15, -0.1) is 0 Å². The van der Waals surface area contributed by atoms with Crippen LogP contribution >= 0.6 is 0 Å². The number of carboxylic acid groups (broad SMARTS) is 1. The summed E-state index contributed by atoms with van der Waals surface area (Å²) in [6.07, 6.45) is 3.55. The molecule has 0 atom stereocenters. The van der Waals surface area contributed by atoms with E-state index in [2.05, 4.69) is 0 Å². The number of nitrogens with zero attached hydrogens (tertiary/aromatic N) is 1. The van der Waals surface area contributed by atoms with Crippen LogP contribution in [0.25, 0.3) is 6.08 Å². The average Bonchev–Trinajstić information content (AvgIpc) is 2.93. The summed E-state index contributed by atoms with van der Waals surface area (Å²) in [6.45, 7) is 1.49. The van der Waals surface area contributed by atoms with Crippen molar-refractivity contribution in [1.29, 1.82) is 0 Å². The summed E-state index contributed by atoms with van der Waals surface area (Å²) < 4.78 is 0. The van der Waals surface area contributed by atoms with E-state index < -0.39 is 5.97 Å². The summed E-state index contributed by atoms with van der Waals surface area (Å²) in [5, 5.41) is 9.19. The summed E-state index contributed by atoms with van der Waals surface area (Å²) in [6, 6.07) is 9.20. The van der Waals surface area contributed by atoms with Gasteiger partial charge in [-0.05, 0) is 24.5 Å². The van der Waals surface area contributed by atoms with Crippen molar-refractivity contribution in [1.82, 2.24) is 4.90 Å². The molecule has 100 valence electrons. The Balaban J connectivity index is 2.10. The summed E-state index contributed by atoms with van der Waals surface area (Å²) >= 11 is 0. The van der Waals surface area contributed by atoms with Crippen molar-refractivity contribution in [2.75, 3.05) is 13.1 Å². The van der Waals surface area contributed by atoms with Gasteiger partial charge in [0.05, 0.1) is 6.42 Å². The molecule has 0 aromatic heterocycles. The molecule has 1 fully saturated rings. The molecule has 0 unspecified atom stereocenters. The van der Waals surface area contributed by atoms with E-state index in [-0.39, 0.29) is 17.9 Å². The van der Waals surface area contributed by atoms with E-state index in [1.165, 1.54) is 0 Å². The Bertz CT molecular complexity index is 487. The van der Waals surface area contributed by atoms with Crippen LogP contribution in [0.3, 0.4) is 0 Å². The van der Waals surface area contributed by atoms with E-state index in [0.717, 1.165) is 31.5 Å². The SMILES string of the molecule is O=C(O)/C(=C/c1ccccc1)CC(=O)N1CCCC1. The number of hydrogen-bond acceptors (Lipinski definition) is 2. The number of amides is 1. The van der Waals surface area contributed by atoms with Crippen molar-refractivity contribution in [2.45, 2.75) is 19.3 Å². The number of aliphatic carboxylic acids is 1. The monoisotopic (exact) mass is 259 g/mol. The van der Waals surface area contributed by atoms with Crippen LogP contribution in [-0.2, 0) is 9.59 Å². The van der Waals surface area contributed by atoms with Crippen LogP contribution in [0.2, 0.25) is 0 Å². The molecule has 4 heteroatoms. The summed E-state index contributed by atoms with van der Waals surface area (Å²) in [7, 11) is 0. The fourth-order valence-electron chi connectivity index (χ4n) is 2.18. The molecule has 1 amide bonds. The second-order valence-electron chi connectivity index (χ2n) is 4.65. The molecule has 1 aliphatic heterocycles. The molecule has 4 nitrogen and oxygen atoms in total. The topological polar surface area (TPSA) is 57.6 Å². The molecule has 1 aliphatic rings. The first-order chi connectivity index (χ1) is 9.16. The zero-order chi connectivity index (χ0) is 13.7. The van der Waals surface area contributed by atoms with Crippen molar-refractivity contribution in [3.05, 3.63) is 41.5 Å². The number of rotatable bonds is 4. The van der Waals surface area contributed by atoms with Crippen LogP contribution in [0.15, 0.2) is 35.9 Å². The number of hydrogen-bond donors (Lipinski definition) is 1. The molecule has 2 rings (SSSR count). The molecule has 1 aromatic carbocycles. The lowest BCUT2D eigenvalue weighted by Gasteiger charge is -2.15. The highest BCUT2D eigenvalue weighted by Crippen LogP contribution is 2.15. The molecule has 0 saturated carbocycles. The highest BCUT2D eigenvalue weighted by molar-refractivity contribution is 5.98. The Morgan fingerprint density at radius 3 is 2.37 bits per heavy atom. The van der Waals surface area contributed by atoms with Gasteiger partial charge in [0.1, 0.15) is 0 Å². The third-order valence-corrected chi connectivity index (χ3v) is 3.22. The minimum Gasteiger partial charge on any atom is -0.478 e. The van der Waals surface area contributed by atoms with Crippen molar-refractivity contribution < 1.29 is 14.7 Å². The van der Waals surface area contributed by atoms with Gasteiger partial charge in [-0.3, -0.25) is 4.79 Å². The van der Waals surface area contributed by atoms with Crippen LogP contribution in [-0.4, -0.2) is 35.0 Å². The van der Waals surface area contributed by atoms with Gasteiger partial charge in [0.2, 0.25) is 5.91 Å². The van der Waals surface area contributed by atoms with Gasteiger partial charge in [-0.25, -0.2) is 4.79 Å². The molecule has 0 spiro atoms. The van der Waals surface area contributed by atoms with Crippen molar-refractivity contribution in [3.63, 3.8) is 0 Å². The number of benzene rings is 1. The molecule has 1 N–H and O–H groups in total. The van der Waals surface area contributed by atoms with Gasteiger partial charge in [-0.1, -0.05) is 30.3 Å². The van der Waals surface area contributed by atoms with Gasteiger partial charge >= 0.3 is 5.97 Å². The zero-order valence-corrected chi connectivity index (χ0v) is 10.7. The van der Waals surface area contributed by atoms with Crippen LogP contribution < -0.4 is 0 Å². The first-order valence-electron chi connectivity index (χ1n) is 6.43. The van der Waals surface area contributed by atoms with Crippen molar-refractivity contribution in [2.24, 2.45) is 0 Å². The highest BCUT2D eigenvalue weighted by atomic mass is 16.4. The fourth-order valence-corrected chi connectivity index (χ4v) is 2.18. The lowest BCUT2D eigenvalue weighted by Crippen LogP contribution is -2.28. The van der Waals surface area contributed by atoms with E-state index in [9.17, 15) is 14.7 Å². The van der Waals surface area contributed by atoms with E-state index in [1.54, 1.807) is 11.0 Å².